The van der Waals surface area contributed by atoms with Crippen LogP contribution in [0.4, 0.5) is 4.79 Å². The summed E-state index contributed by atoms with van der Waals surface area (Å²) in [6.45, 7) is 5.49. The van der Waals surface area contributed by atoms with Gasteiger partial charge in [0.15, 0.2) is 0 Å². The summed E-state index contributed by atoms with van der Waals surface area (Å²) in [4.78, 5) is 35.7. The Hall–Kier alpha value is -1.79. The molecule has 4 bridgehead atoms. The van der Waals surface area contributed by atoms with Crippen LogP contribution in [0.5, 0.6) is 0 Å². The quantitative estimate of drug-likeness (QED) is 0.640. The van der Waals surface area contributed by atoms with Crippen molar-refractivity contribution in [3.8, 4) is 0 Å². The fourth-order valence-corrected chi connectivity index (χ4v) is 5.69. The van der Waals surface area contributed by atoms with Crippen molar-refractivity contribution in [2.75, 3.05) is 6.54 Å². The summed E-state index contributed by atoms with van der Waals surface area (Å²) in [5, 5.41) is 2.53. The van der Waals surface area contributed by atoms with Gasteiger partial charge in [0.25, 0.3) is 0 Å². The summed E-state index contributed by atoms with van der Waals surface area (Å²) in [6, 6.07) is 0. The number of carbonyl (C=O) groups excluding carboxylic acids is 3. The van der Waals surface area contributed by atoms with Gasteiger partial charge in [0.1, 0.15) is 5.60 Å². The molecule has 4 aliphatic carbocycles. The Kier molecular flexibility index (Phi) is 5.68. The van der Waals surface area contributed by atoms with Gasteiger partial charge in [0.2, 0.25) is 11.8 Å². The molecule has 27 heavy (non-hydrogen) atoms. The number of hydrogen-bond donors (Lipinski definition) is 3. The Bertz CT molecular complexity index is 561. The summed E-state index contributed by atoms with van der Waals surface area (Å²) in [5.41, 5.74) is 4.59. The number of hydrazine groups is 1. The molecular formula is C20H33N3O4. The molecule has 0 unspecified atom stereocenters. The lowest BCUT2D eigenvalue weighted by Gasteiger charge is -2.56. The Balaban J connectivity index is 1.33. The van der Waals surface area contributed by atoms with E-state index < -0.39 is 11.7 Å². The molecule has 7 nitrogen and oxygen atoms in total. The van der Waals surface area contributed by atoms with E-state index in [2.05, 4.69) is 16.2 Å². The van der Waals surface area contributed by atoms with Gasteiger partial charge < -0.3 is 10.1 Å². The molecule has 0 aromatic carbocycles. The number of rotatable bonds is 5. The predicted molar refractivity (Wildman–Crippen MR) is 100 cm³/mol. The molecule has 7 heteroatoms. The van der Waals surface area contributed by atoms with Crippen molar-refractivity contribution in [1.29, 1.82) is 0 Å². The second kappa shape index (κ2) is 7.68. The predicted octanol–water partition coefficient (Wildman–Crippen LogP) is 2.66. The van der Waals surface area contributed by atoms with Gasteiger partial charge in [-0.1, -0.05) is 0 Å². The number of ether oxygens (including phenoxy) is 1. The van der Waals surface area contributed by atoms with Crippen molar-refractivity contribution in [2.24, 2.45) is 23.2 Å². The fourth-order valence-electron chi connectivity index (χ4n) is 5.69. The zero-order valence-corrected chi connectivity index (χ0v) is 16.7. The highest BCUT2D eigenvalue weighted by Gasteiger charge is 2.51. The number of hydrogen-bond acceptors (Lipinski definition) is 4. The molecule has 3 N–H and O–H groups in total. The van der Waals surface area contributed by atoms with Gasteiger partial charge in [-0.15, -0.1) is 0 Å². The molecule has 0 radical (unpaired) electrons. The first-order chi connectivity index (χ1) is 12.6. The monoisotopic (exact) mass is 379 g/mol. The van der Waals surface area contributed by atoms with E-state index in [1.807, 2.05) is 0 Å². The number of alkyl carbamates (subject to hydrolysis) is 1. The summed E-state index contributed by atoms with van der Waals surface area (Å²) in [5.74, 6) is 1.98. The Morgan fingerprint density at radius 3 is 1.96 bits per heavy atom. The standard InChI is InChI=1S/C20H33N3O4/c1-19(2,3)27-18(26)21-5-4-16(24)22-23-17(25)12-20-9-13-6-14(10-20)8-15(7-13)11-20/h13-15H,4-12H2,1-3H3,(H,21,26)(H,22,24)(H,23,25). The lowest BCUT2D eigenvalue weighted by atomic mass is 9.49. The van der Waals surface area contributed by atoms with Crippen molar-refractivity contribution < 1.29 is 19.1 Å². The van der Waals surface area contributed by atoms with E-state index in [0.29, 0.717) is 6.42 Å². The normalized spacial score (nSPS) is 31.3. The minimum atomic E-state index is -0.572. The second-order valence-electron chi connectivity index (χ2n) is 9.87. The summed E-state index contributed by atoms with van der Waals surface area (Å²) < 4.78 is 5.10. The largest absolute Gasteiger partial charge is 0.444 e. The first-order valence-corrected chi connectivity index (χ1v) is 10.2. The summed E-state index contributed by atoms with van der Waals surface area (Å²) in [6.07, 6.45) is 7.58. The topological polar surface area (TPSA) is 96.5 Å². The summed E-state index contributed by atoms with van der Waals surface area (Å²) in [7, 11) is 0. The van der Waals surface area contributed by atoms with Crippen LogP contribution in [0.25, 0.3) is 0 Å². The van der Waals surface area contributed by atoms with Crippen LogP contribution < -0.4 is 16.2 Å². The number of amides is 3. The third-order valence-electron chi connectivity index (χ3n) is 6.06. The minimum Gasteiger partial charge on any atom is -0.444 e. The SMILES string of the molecule is CC(C)(C)OC(=O)NCCC(=O)NNC(=O)CC12CC3CC(CC(C3)C1)C2. The van der Waals surface area contributed by atoms with Crippen molar-refractivity contribution in [1.82, 2.24) is 16.2 Å². The van der Waals surface area contributed by atoms with Gasteiger partial charge in [0.05, 0.1) is 0 Å². The number of nitrogens with one attached hydrogen (secondary N) is 3. The molecule has 4 rings (SSSR count). The molecule has 0 atom stereocenters. The van der Waals surface area contributed by atoms with Crippen LogP contribution in [-0.2, 0) is 14.3 Å². The highest BCUT2D eigenvalue weighted by atomic mass is 16.6. The van der Waals surface area contributed by atoms with Crippen molar-refractivity contribution in [3.63, 3.8) is 0 Å². The van der Waals surface area contributed by atoms with Crippen molar-refractivity contribution in [2.45, 2.75) is 77.7 Å². The Morgan fingerprint density at radius 2 is 1.44 bits per heavy atom. The zero-order valence-electron chi connectivity index (χ0n) is 16.7. The lowest BCUT2D eigenvalue weighted by molar-refractivity contribution is -0.134. The van der Waals surface area contributed by atoms with E-state index >= 15 is 0 Å². The molecule has 4 saturated carbocycles. The first kappa shape index (κ1) is 20.0. The van der Waals surface area contributed by atoms with Crippen LogP contribution in [0, 0.1) is 23.2 Å². The second-order valence-corrected chi connectivity index (χ2v) is 9.87. The van der Waals surface area contributed by atoms with Crippen LogP contribution in [0.2, 0.25) is 0 Å². The first-order valence-electron chi connectivity index (χ1n) is 10.2. The van der Waals surface area contributed by atoms with Gasteiger partial charge >= 0.3 is 6.09 Å². The molecule has 3 amide bonds. The molecule has 0 aromatic rings. The Morgan fingerprint density at radius 1 is 0.926 bits per heavy atom. The average Bonchev–Trinajstić information content (AvgIpc) is 2.49. The maximum atomic E-state index is 12.4. The van der Waals surface area contributed by atoms with Gasteiger partial charge in [-0.2, -0.15) is 0 Å². The zero-order chi connectivity index (χ0) is 19.7. The molecule has 0 saturated heterocycles. The van der Waals surface area contributed by atoms with Gasteiger partial charge in [0, 0.05) is 19.4 Å². The average molecular weight is 380 g/mol. The third-order valence-corrected chi connectivity index (χ3v) is 6.06. The molecule has 0 heterocycles. The minimum absolute atomic E-state index is 0.0802. The molecule has 0 aliphatic heterocycles. The van der Waals surface area contributed by atoms with E-state index in [0.717, 1.165) is 17.8 Å². The van der Waals surface area contributed by atoms with E-state index in [-0.39, 0.29) is 30.2 Å². The highest BCUT2D eigenvalue weighted by molar-refractivity contribution is 5.82. The van der Waals surface area contributed by atoms with E-state index in [9.17, 15) is 14.4 Å². The highest BCUT2D eigenvalue weighted by Crippen LogP contribution is 2.61. The molecule has 0 aromatic heterocycles. The van der Waals surface area contributed by atoms with Crippen LogP contribution in [0.1, 0.15) is 72.1 Å². The van der Waals surface area contributed by atoms with Crippen LogP contribution in [-0.4, -0.2) is 30.1 Å². The maximum absolute atomic E-state index is 12.4. The smallest absolute Gasteiger partial charge is 0.407 e. The fraction of sp³-hybridized carbons (Fsp3) is 0.850. The Labute approximate surface area is 161 Å². The molecule has 4 fully saturated rings. The molecule has 0 spiro atoms. The van der Waals surface area contributed by atoms with Gasteiger partial charge in [-0.3, -0.25) is 20.4 Å². The van der Waals surface area contributed by atoms with E-state index in [4.69, 9.17) is 4.74 Å². The van der Waals surface area contributed by atoms with Crippen LogP contribution in [0.3, 0.4) is 0 Å². The molecule has 4 aliphatic rings. The van der Waals surface area contributed by atoms with Crippen LogP contribution in [0.15, 0.2) is 0 Å². The van der Waals surface area contributed by atoms with E-state index in [1.165, 1.54) is 38.5 Å². The van der Waals surface area contributed by atoms with E-state index in [1.54, 1.807) is 20.8 Å². The van der Waals surface area contributed by atoms with Gasteiger partial charge in [-0.05, 0) is 82.5 Å². The third kappa shape index (κ3) is 5.59. The number of carbonyl (C=O) groups is 3. The van der Waals surface area contributed by atoms with Gasteiger partial charge in [-0.25, -0.2) is 4.79 Å². The van der Waals surface area contributed by atoms with Crippen molar-refractivity contribution >= 4 is 17.9 Å². The lowest BCUT2D eigenvalue weighted by Crippen LogP contribution is -2.50. The maximum Gasteiger partial charge on any atom is 0.407 e. The molecule has 152 valence electrons. The van der Waals surface area contributed by atoms with Crippen LogP contribution >= 0.6 is 0 Å². The van der Waals surface area contributed by atoms with Crippen molar-refractivity contribution in [3.05, 3.63) is 0 Å². The molecular weight excluding hydrogens is 346 g/mol. The summed E-state index contributed by atoms with van der Waals surface area (Å²) >= 11 is 0.